The van der Waals surface area contributed by atoms with Crippen LogP contribution in [0.1, 0.15) is 83.8 Å². The van der Waals surface area contributed by atoms with Gasteiger partial charge in [-0.1, -0.05) is 45.9 Å². The zero-order valence-electron chi connectivity index (χ0n) is 27.1. The van der Waals surface area contributed by atoms with Gasteiger partial charge in [0.1, 0.15) is 7.05 Å². The minimum absolute atomic E-state index is 0.0398. The van der Waals surface area contributed by atoms with Gasteiger partial charge in [0.15, 0.2) is 28.7 Å². The smallest absolute Gasteiger partial charge is 0.231 e. The Morgan fingerprint density at radius 3 is 2.02 bits per heavy atom. The number of nitrogens with zero attached hydrogens (tertiary/aromatic N) is 2. The third kappa shape index (κ3) is 4.17. The predicted molar refractivity (Wildman–Crippen MR) is 176 cm³/mol. The molecule has 7 rings (SSSR count). The Hall–Kier alpha value is -3.93. The Bertz CT molecular complexity index is 1670. The highest BCUT2D eigenvalue weighted by Gasteiger charge is 2.49. The van der Waals surface area contributed by atoms with E-state index in [4.69, 9.17) is 18.9 Å². The van der Waals surface area contributed by atoms with E-state index in [9.17, 15) is 0 Å². The number of ether oxygens (including phenoxy) is 4. The lowest BCUT2D eigenvalue weighted by Gasteiger charge is -2.30. The van der Waals surface area contributed by atoms with E-state index in [1.807, 2.05) is 0 Å². The van der Waals surface area contributed by atoms with Gasteiger partial charge < -0.3 is 23.8 Å². The van der Waals surface area contributed by atoms with Gasteiger partial charge in [-0.05, 0) is 79.9 Å². The van der Waals surface area contributed by atoms with E-state index < -0.39 is 0 Å². The van der Waals surface area contributed by atoms with Gasteiger partial charge in [-0.3, -0.25) is 0 Å². The maximum Gasteiger partial charge on any atom is 0.231 e. The fourth-order valence-corrected chi connectivity index (χ4v) is 8.40. The minimum Gasteiger partial charge on any atom is -0.454 e. The number of benzene rings is 2. The molecule has 6 heteroatoms. The van der Waals surface area contributed by atoms with Gasteiger partial charge in [0.25, 0.3) is 0 Å². The molecule has 44 heavy (non-hydrogen) atoms. The fourth-order valence-electron chi connectivity index (χ4n) is 8.40. The van der Waals surface area contributed by atoms with Crippen LogP contribution in [-0.2, 0) is 10.8 Å². The highest BCUT2D eigenvalue weighted by Crippen LogP contribution is 2.55. The first-order chi connectivity index (χ1) is 21.4. The van der Waals surface area contributed by atoms with Crippen LogP contribution in [0, 0.1) is 0 Å². The summed E-state index contributed by atoms with van der Waals surface area (Å²) in [5.74, 6) is 3.42. The van der Waals surface area contributed by atoms with Crippen molar-refractivity contribution in [3.8, 4) is 23.0 Å². The van der Waals surface area contributed by atoms with E-state index in [0.717, 1.165) is 67.9 Å². The van der Waals surface area contributed by atoms with Gasteiger partial charge in [0, 0.05) is 41.6 Å². The second kappa shape index (κ2) is 10.9. The second-order valence-corrected chi connectivity index (χ2v) is 12.7. The molecule has 0 spiro atoms. The monoisotopic (exact) mass is 593 g/mol. The molecule has 4 heterocycles. The van der Waals surface area contributed by atoms with Crippen molar-refractivity contribution in [2.45, 2.75) is 83.5 Å². The first-order valence-electron chi connectivity index (χ1n) is 16.4. The van der Waals surface area contributed by atoms with Crippen LogP contribution in [0.15, 0.2) is 71.5 Å². The molecule has 6 nitrogen and oxygen atoms in total. The maximum absolute atomic E-state index is 5.77. The summed E-state index contributed by atoms with van der Waals surface area (Å²) in [7, 11) is 4.38. The SMILES string of the molecule is CCC1(CC)C(/C=C/C2=CC(=C/C=C3\N(C)c4cc5c(cc4C3(CC)CC)OCO5)CCC2)=[N+](C)c2cc3c(cc21)OCO3. The van der Waals surface area contributed by atoms with Crippen LogP contribution < -0.4 is 23.8 Å². The average molecular weight is 594 g/mol. The number of hydrogen-bond donors (Lipinski definition) is 0. The number of hydrogen-bond acceptors (Lipinski definition) is 5. The normalized spacial score (nSPS) is 22.4. The number of likely N-dealkylation sites (N-methyl/N-ethyl adjacent to an activating group) is 1. The van der Waals surface area contributed by atoms with E-state index >= 15 is 0 Å². The van der Waals surface area contributed by atoms with E-state index in [-0.39, 0.29) is 10.8 Å². The van der Waals surface area contributed by atoms with E-state index in [1.54, 1.807) is 0 Å². The maximum atomic E-state index is 5.77. The van der Waals surface area contributed by atoms with Crippen LogP contribution in [0.2, 0.25) is 0 Å². The third-order valence-corrected chi connectivity index (χ3v) is 11.1. The zero-order valence-corrected chi connectivity index (χ0v) is 27.1. The van der Waals surface area contributed by atoms with Gasteiger partial charge in [-0.25, -0.2) is 0 Å². The van der Waals surface area contributed by atoms with Crippen molar-refractivity contribution in [3.05, 3.63) is 82.6 Å². The number of anilines is 1. The summed E-state index contributed by atoms with van der Waals surface area (Å²) in [4.78, 5) is 2.36. The summed E-state index contributed by atoms with van der Waals surface area (Å²) >= 11 is 0. The Balaban J connectivity index is 1.20. The van der Waals surface area contributed by atoms with Crippen LogP contribution in [-0.4, -0.2) is 38.0 Å². The van der Waals surface area contributed by atoms with E-state index in [0.29, 0.717) is 13.6 Å². The van der Waals surface area contributed by atoms with Crippen molar-refractivity contribution in [3.63, 3.8) is 0 Å². The van der Waals surface area contributed by atoms with Crippen molar-refractivity contribution in [1.82, 2.24) is 0 Å². The fraction of sp³-hybridized carbons (Fsp3) is 0.447. The molecule has 5 aliphatic rings. The number of rotatable bonds is 7. The van der Waals surface area contributed by atoms with E-state index in [1.165, 1.54) is 45.1 Å². The Morgan fingerprint density at radius 1 is 0.750 bits per heavy atom. The van der Waals surface area contributed by atoms with Crippen molar-refractivity contribution >= 4 is 17.1 Å². The lowest BCUT2D eigenvalue weighted by atomic mass is 9.73. The van der Waals surface area contributed by atoms with E-state index in [2.05, 4.69) is 106 Å². The summed E-state index contributed by atoms with van der Waals surface area (Å²) < 4.78 is 25.4. The predicted octanol–water partition coefficient (Wildman–Crippen LogP) is 8.61. The van der Waals surface area contributed by atoms with Crippen LogP contribution in [0.25, 0.3) is 0 Å². The Labute approximate surface area is 262 Å². The molecule has 230 valence electrons. The molecule has 0 atom stereocenters. The molecule has 0 amide bonds. The van der Waals surface area contributed by atoms with Crippen LogP contribution >= 0.6 is 0 Å². The molecule has 2 aromatic rings. The molecule has 1 aliphatic carbocycles. The van der Waals surface area contributed by atoms with Crippen LogP contribution in [0.3, 0.4) is 0 Å². The summed E-state index contributed by atoms with van der Waals surface area (Å²) in [6.07, 6.45) is 19.4. The highest BCUT2D eigenvalue weighted by atomic mass is 16.7. The van der Waals surface area contributed by atoms with Crippen molar-refractivity contribution < 1.29 is 23.5 Å². The molecule has 0 fully saturated rings. The summed E-state index contributed by atoms with van der Waals surface area (Å²) in [6, 6.07) is 8.75. The highest BCUT2D eigenvalue weighted by molar-refractivity contribution is 6.04. The topological polar surface area (TPSA) is 43.2 Å². The summed E-state index contributed by atoms with van der Waals surface area (Å²) in [6.45, 7) is 9.82. The standard InChI is InChI=1S/C38H45N2O4/c1-7-37(8-2)27-19-31-33(43-23-41-31)21-29(27)39(5)35(37)16-14-25-12-11-13-26(18-25)15-17-36-38(9-3,10-4)28-20-32-34(44-24-42-32)22-30(28)40(36)6/h14-22H,7-13,23-24H2,1-6H3/q+1. The van der Waals surface area contributed by atoms with Crippen LogP contribution in [0.4, 0.5) is 11.4 Å². The quantitative estimate of drug-likeness (QED) is 0.301. The number of allylic oxidation sites excluding steroid dienone is 8. The lowest BCUT2D eigenvalue weighted by molar-refractivity contribution is -0.401. The molecule has 0 N–H and O–H groups in total. The second-order valence-electron chi connectivity index (χ2n) is 12.7. The largest absolute Gasteiger partial charge is 0.454 e. The van der Waals surface area contributed by atoms with Crippen molar-refractivity contribution in [1.29, 1.82) is 0 Å². The van der Waals surface area contributed by atoms with Crippen molar-refractivity contribution in [2.75, 3.05) is 32.6 Å². The Morgan fingerprint density at radius 2 is 1.36 bits per heavy atom. The number of fused-ring (bicyclic) bond motifs is 4. The van der Waals surface area contributed by atoms with Crippen LogP contribution in [0.5, 0.6) is 23.0 Å². The first kappa shape index (κ1) is 28.8. The first-order valence-corrected chi connectivity index (χ1v) is 16.4. The molecule has 4 aliphatic heterocycles. The molecule has 0 unspecified atom stereocenters. The molecular weight excluding hydrogens is 548 g/mol. The molecule has 0 saturated heterocycles. The molecule has 0 radical (unpaired) electrons. The van der Waals surface area contributed by atoms with Gasteiger partial charge >= 0.3 is 0 Å². The average Bonchev–Trinajstić information content (AvgIpc) is 3.81. The molecule has 2 aromatic carbocycles. The molecule has 0 saturated carbocycles. The van der Waals surface area contributed by atoms with Gasteiger partial charge in [-0.2, -0.15) is 4.58 Å². The third-order valence-electron chi connectivity index (χ3n) is 11.1. The van der Waals surface area contributed by atoms with Crippen molar-refractivity contribution in [2.24, 2.45) is 0 Å². The van der Waals surface area contributed by atoms with Gasteiger partial charge in [0.2, 0.25) is 19.3 Å². The molecule has 0 bridgehead atoms. The summed E-state index contributed by atoms with van der Waals surface area (Å²) in [5.41, 5.74) is 10.5. The Kier molecular flexibility index (Phi) is 7.14. The molecule has 0 aromatic heterocycles. The minimum atomic E-state index is -0.0398. The molecular formula is C38H45N2O4+. The van der Waals surface area contributed by atoms with Gasteiger partial charge in [-0.15, -0.1) is 0 Å². The summed E-state index contributed by atoms with van der Waals surface area (Å²) in [5, 5.41) is 0. The zero-order chi connectivity index (χ0) is 30.6. The van der Waals surface area contributed by atoms with Gasteiger partial charge in [0.05, 0.1) is 11.5 Å². The lowest BCUT2D eigenvalue weighted by Crippen LogP contribution is -2.32.